The summed E-state index contributed by atoms with van der Waals surface area (Å²) < 4.78 is 24.1. The number of hydrogen-bond donors (Lipinski definition) is 1. The van der Waals surface area contributed by atoms with Gasteiger partial charge in [-0.05, 0) is 53.6 Å². The Kier molecular flexibility index (Phi) is 5.66. The van der Waals surface area contributed by atoms with Gasteiger partial charge in [0.05, 0.1) is 13.3 Å². The second kappa shape index (κ2) is 8.31. The minimum absolute atomic E-state index is 0.147. The summed E-state index contributed by atoms with van der Waals surface area (Å²) in [5.74, 6) is -0.166. The van der Waals surface area contributed by atoms with Crippen molar-refractivity contribution in [1.29, 1.82) is 0 Å². The van der Waals surface area contributed by atoms with Gasteiger partial charge < -0.3 is 9.47 Å². The standard InChI is InChI=1S/C21H19FN2O3/c1-14(27-18-9-8-16-5-3-4-6-17(16)12-18)21(25)24-23-13-15-7-10-20(26-2)19(22)11-15/h3-14H,1-2H3,(H,24,25)/b23-13-/t14-/m0/s1. The quantitative estimate of drug-likeness (QED) is 0.532. The molecule has 0 bridgehead atoms. The molecule has 0 radical (unpaired) electrons. The molecule has 0 unspecified atom stereocenters. The molecule has 0 fully saturated rings. The Morgan fingerprint density at radius 2 is 1.89 bits per heavy atom. The summed E-state index contributed by atoms with van der Waals surface area (Å²) >= 11 is 0. The molecule has 0 aliphatic carbocycles. The third-order valence-electron chi connectivity index (χ3n) is 3.97. The number of nitrogens with one attached hydrogen (secondary N) is 1. The van der Waals surface area contributed by atoms with Crippen molar-refractivity contribution >= 4 is 22.9 Å². The van der Waals surface area contributed by atoms with Crippen LogP contribution < -0.4 is 14.9 Å². The van der Waals surface area contributed by atoms with Gasteiger partial charge in [0.1, 0.15) is 5.75 Å². The molecule has 3 aromatic carbocycles. The van der Waals surface area contributed by atoms with Crippen molar-refractivity contribution in [2.24, 2.45) is 5.10 Å². The number of hydrogen-bond acceptors (Lipinski definition) is 4. The highest BCUT2D eigenvalue weighted by atomic mass is 19.1. The lowest BCUT2D eigenvalue weighted by Crippen LogP contribution is -2.33. The lowest BCUT2D eigenvalue weighted by molar-refractivity contribution is -0.127. The zero-order valence-electron chi connectivity index (χ0n) is 15.0. The fourth-order valence-electron chi connectivity index (χ4n) is 2.52. The summed E-state index contributed by atoms with van der Waals surface area (Å²) in [6.45, 7) is 1.63. The van der Waals surface area contributed by atoms with Gasteiger partial charge in [0.2, 0.25) is 0 Å². The summed E-state index contributed by atoms with van der Waals surface area (Å²) in [7, 11) is 1.39. The molecule has 0 aliphatic heterocycles. The van der Waals surface area contributed by atoms with Crippen LogP contribution in [0.3, 0.4) is 0 Å². The lowest BCUT2D eigenvalue weighted by atomic mass is 10.1. The van der Waals surface area contributed by atoms with Gasteiger partial charge in [-0.25, -0.2) is 9.82 Å². The number of fused-ring (bicyclic) bond motifs is 1. The van der Waals surface area contributed by atoms with Crippen LogP contribution in [0.15, 0.2) is 65.8 Å². The highest BCUT2D eigenvalue weighted by Gasteiger charge is 2.14. The number of benzene rings is 3. The predicted molar refractivity (Wildman–Crippen MR) is 103 cm³/mol. The molecule has 1 atom stereocenters. The van der Waals surface area contributed by atoms with Crippen LogP contribution in [0, 0.1) is 5.82 Å². The van der Waals surface area contributed by atoms with E-state index in [0.717, 1.165) is 10.8 Å². The Hall–Kier alpha value is -3.41. The number of carbonyl (C=O) groups is 1. The Bertz CT molecular complexity index is 988. The maximum atomic E-state index is 13.6. The van der Waals surface area contributed by atoms with E-state index >= 15 is 0 Å². The Labute approximate surface area is 156 Å². The third kappa shape index (κ3) is 4.61. The van der Waals surface area contributed by atoms with Crippen LogP contribution in [0.5, 0.6) is 11.5 Å². The lowest BCUT2D eigenvalue weighted by Gasteiger charge is -2.13. The molecule has 1 amide bonds. The van der Waals surface area contributed by atoms with E-state index in [0.29, 0.717) is 11.3 Å². The van der Waals surface area contributed by atoms with E-state index in [4.69, 9.17) is 9.47 Å². The average molecular weight is 366 g/mol. The predicted octanol–water partition coefficient (Wildman–Crippen LogP) is 3.91. The Morgan fingerprint density at radius 3 is 2.63 bits per heavy atom. The fourth-order valence-corrected chi connectivity index (χ4v) is 2.52. The number of halogens is 1. The first kappa shape index (κ1) is 18.4. The first-order chi connectivity index (χ1) is 13.1. The number of hydrazone groups is 1. The van der Waals surface area contributed by atoms with Crippen LogP contribution in [-0.4, -0.2) is 25.3 Å². The van der Waals surface area contributed by atoms with Crippen LogP contribution in [-0.2, 0) is 4.79 Å². The molecular weight excluding hydrogens is 347 g/mol. The van der Waals surface area contributed by atoms with E-state index in [2.05, 4.69) is 10.5 Å². The summed E-state index contributed by atoms with van der Waals surface area (Å²) in [6.07, 6.45) is 0.610. The van der Waals surface area contributed by atoms with Crippen molar-refractivity contribution in [3.05, 3.63) is 72.0 Å². The minimum Gasteiger partial charge on any atom is -0.494 e. The van der Waals surface area contributed by atoms with Crippen LogP contribution >= 0.6 is 0 Å². The van der Waals surface area contributed by atoms with Crippen molar-refractivity contribution in [2.45, 2.75) is 13.0 Å². The van der Waals surface area contributed by atoms with Gasteiger partial charge in [0.15, 0.2) is 17.7 Å². The first-order valence-corrected chi connectivity index (χ1v) is 8.39. The molecule has 1 N–H and O–H groups in total. The van der Waals surface area contributed by atoms with Gasteiger partial charge in [-0.2, -0.15) is 5.10 Å². The maximum absolute atomic E-state index is 13.6. The topological polar surface area (TPSA) is 59.9 Å². The largest absolute Gasteiger partial charge is 0.494 e. The second-order valence-corrected chi connectivity index (χ2v) is 5.90. The molecule has 0 spiro atoms. The van der Waals surface area contributed by atoms with Gasteiger partial charge in [-0.3, -0.25) is 4.79 Å². The van der Waals surface area contributed by atoms with Gasteiger partial charge in [-0.15, -0.1) is 0 Å². The summed E-state index contributed by atoms with van der Waals surface area (Å²) in [5.41, 5.74) is 2.89. The molecule has 0 saturated carbocycles. The highest BCUT2D eigenvalue weighted by molar-refractivity contribution is 5.85. The molecular formula is C21H19FN2O3. The zero-order chi connectivity index (χ0) is 19.2. The summed E-state index contributed by atoms with van der Waals surface area (Å²) in [5, 5.41) is 5.96. The fraction of sp³-hybridized carbons (Fsp3) is 0.143. The molecule has 0 heterocycles. The van der Waals surface area contributed by atoms with Crippen LogP contribution in [0.4, 0.5) is 4.39 Å². The van der Waals surface area contributed by atoms with Crippen molar-refractivity contribution in [3.63, 3.8) is 0 Å². The molecule has 0 aromatic heterocycles. The van der Waals surface area contributed by atoms with Gasteiger partial charge in [0, 0.05) is 0 Å². The maximum Gasteiger partial charge on any atom is 0.280 e. The number of carbonyl (C=O) groups excluding carboxylic acids is 1. The average Bonchev–Trinajstić information content (AvgIpc) is 2.68. The van der Waals surface area contributed by atoms with Crippen LogP contribution in [0.1, 0.15) is 12.5 Å². The summed E-state index contributed by atoms with van der Waals surface area (Å²) in [6, 6.07) is 17.9. The third-order valence-corrected chi connectivity index (χ3v) is 3.97. The summed E-state index contributed by atoms with van der Waals surface area (Å²) in [4.78, 5) is 12.1. The highest BCUT2D eigenvalue weighted by Crippen LogP contribution is 2.21. The Balaban J connectivity index is 1.59. The smallest absolute Gasteiger partial charge is 0.280 e. The molecule has 3 rings (SSSR count). The van der Waals surface area contributed by atoms with Gasteiger partial charge in [0.25, 0.3) is 5.91 Å². The van der Waals surface area contributed by atoms with E-state index < -0.39 is 17.8 Å². The van der Waals surface area contributed by atoms with E-state index in [9.17, 15) is 9.18 Å². The monoisotopic (exact) mass is 366 g/mol. The number of ether oxygens (including phenoxy) is 2. The second-order valence-electron chi connectivity index (χ2n) is 5.90. The Morgan fingerprint density at radius 1 is 1.11 bits per heavy atom. The number of methoxy groups -OCH3 is 1. The minimum atomic E-state index is -0.740. The SMILES string of the molecule is COc1ccc(/C=N\NC(=O)[C@H](C)Oc2ccc3ccccc3c2)cc1F. The van der Waals surface area contributed by atoms with Crippen molar-refractivity contribution < 1.29 is 18.7 Å². The number of nitrogens with zero attached hydrogens (tertiary/aromatic N) is 1. The van der Waals surface area contributed by atoms with E-state index in [-0.39, 0.29) is 5.75 Å². The number of amides is 1. The number of rotatable bonds is 6. The van der Waals surface area contributed by atoms with E-state index in [1.807, 2.05) is 42.5 Å². The molecule has 0 saturated heterocycles. The van der Waals surface area contributed by atoms with E-state index in [1.165, 1.54) is 25.5 Å². The molecule has 3 aromatic rings. The molecule has 5 nitrogen and oxygen atoms in total. The van der Waals surface area contributed by atoms with E-state index in [1.54, 1.807) is 13.0 Å². The van der Waals surface area contributed by atoms with Gasteiger partial charge >= 0.3 is 0 Å². The van der Waals surface area contributed by atoms with Gasteiger partial charge in [-0.1, -0.05) is 30.3 Å². The molecule has 138 valence electrons. The first-order valence-electron chi connectivity index (χ1n) is 8.39. The molecule has 0 aliphatic rings. The van der Waals surface area contributed by atoms with Crippen LogP contribution in [0.25, 0.3) is 10.8 Å². The normalized spacial score (nSPS) is 12.1. The van der Waals surface area contributed by atoms with Crippen LogP contribution in [0.2, 0.25) is 0 Å². The molecule has 27 heavy (non-hydrogen) atoms. The van der Waals surface area contributed by atoms with Crippen molar-refractivity contribution in [2.75, 3.05) is 7.11 Å². The van der Waals surface area contributed by atoms with Crippen molar-refractivity contribution in [3.8, 4) is 11.5 Å². The van der Waals surface area contributed by atoms with Crippen molar-refractivity contribution in [1.82, 2.24) is 5.43 Å². The zero-order valence-corrected chi connectivity index (χ0v) is 15.0. The molecule has 6 heteroatoms.